The molecule has 1 aromatic carbocycles. The zero-order valence-corrected chi connectivity index (χ0v) is 18.8. The molecule has 7 nitrogen and oxygen atoms in total. The molecule has 0 aliphatic carbocycles. The van der Waals surface area contributed by atoms with Crippen LogP contribution in [0.25, 0.3) is 12.2 Å². The fourth-order valence-corrected chi connectivity index (χ4v) is 5.32. The summed E-state index contributed by atoms with van der Waals surface area (Å²) < 4.78 is 47.2. The Balaban J connectivity index is 1.84. The van der Waals surface area contributed by atoms with Crippen LogP contribution >= 0.6 is 0 Å². The van der Waals surface area contributed by atoms with Crippen molar-refractivity contribution < 1.29 is 22.1 Å². The summed E-state index contributed by atoms with van der Waals surface area (Å²) in [6.45, 7) is 5.87. The Kier molecular flexibility index (Phi) is 7.27. The molecule has 0 saturated carbocycles. The molecule has 2 heterocycles. The van der Waals surface area contributed by atoms with E-state index in [1.807, 2.05) is 13.8 Å². The van der Waals surface area contributed by atoms with Gasteiger partial charge in [-0.05, 0) is 51.3 Å². The molecule has 2 unspecified atom stereocenters. The third kappa shape index (κ3) is 5.22. The van der Waals surface area contributed by atoms with Crippen molar-refractivity contribution in [2.45, 2.75) is 51.0 Å². The average Bonchev–Trinajstić information content (AvgIpc) is 3.14. The molecule has 2 atom stereocenters. The molecule has 1 aromatic heterocycles. The molecule has 31 heavy (non-hydrogen) atoms. The van der Waals surface area contributed by atoms with Gasteiger partial charge in [-0.15, -0.1) is 0 Å². The molecule has 1 saturated heterocycles. The van der Waals surface area contributed by atoms with E-state index in [0.717, 1.165) is 6.42 Å². The maximum absolute atomic E-state index is 13.9. The van der Waals surface area contributed by atoms with E-state index in [9.17, 15) is 17.6 Å². The highest BCUT2D eigenvalue weighted by Crippen LogP contribution is 2.29. The number of sulfonamides is 1. The standard InChI is InChI=1S/C22H28FN3O4S/c1-4-15(2)24-22(27)18-9-7-13-26(14-18)31(28,29)21-16(3)25-30-20(21)12-11-17-8-5-6-10-19(17)23/h5-6,8,10-12,15,18H,4,7,9,13-14H2,1-3H3,(H,24,27)/b12-11+. The molecule has 1 amide bonds. The van der Waals surface area contributed by atoms with Crippen molar-refractivity contribution in [1.29, 1.82) is 0 Å². The van der Waals surface area contributed by atoms with E-state index in [1.54, 1.807) is 25.1 Å². The Bertz CT molecular complexity index is 1060. The maximum atomic E-state index is 13.9. The van der Waals surface area contributed by atoms with Crippen LogP contribution in [0.2, 0.25) is 0 Å². The fourth-order valence-electron chi connectivity index (χ4n) is 3.54. The summed E-state index contributed by atoms with van der Waals surface area (Å²) in [5.41, 5.74) is 0.527. The van der Waals surface area contributed by atoms with Gasteiger partial charge in [-0.1, -0.05) is 30.3 Å². The molecule has 9 heteroatoms. The highest BCUT2D eigenvalue weighted by molar-refractivity contribution is 7.89. The van der Waals surface area contributed by atoms with Crippen LogP contribution in [0.1, 0.15) is 50.1 Å². The van der Waals surface area contributed by atoms with Crippen LogP contribution in [-0.4, -0.2) is 42.9 Å². The van der Waals surface area contributed by atoms with E-state index in [0.29, 0.717) is 24.9 Å². The minimum Gasteiger partial charge on any atom is -0.355 e. The zero-order chi connectivity index (χ0) is 22.6. The highest BCUT2D eigenvalue weighted by atomic mass is 32.2. The molecule has 1 N–H and O–H groups in total. The van der Waals surface area contributed by atoms with Crippen LogP contribution in [0.5, 0.6) is 0 Å². The zero-order valence-electron chi connectivity index (χ0n) is 18.0. The van der Waals surface area contributed by atoms with Crippen molar-refractivity contribution in [3.05, 3.63) is 47.1 Å². The number of hydrogen-bond donors (Lipinski definition) is 1. The third-order valence-electron chi connectivity index (χ3n) is 5.51. The number of amides is 1. The summed E-state index contributed by atoms with van der Waals surface area (Å²) in [6.07, 6.45) is 4.88. The molecule has 3 rings (SSSR count). The van der Waals surface area contributed by atoms with Crippen LogP contribution in [0.4, 0.5) is 4.39 Å². The summed E-state index contributed by atoms with van der Waals surface area (Å²) >= 11 is 0. The Morgan fingerprint density at radius 2 is 2.13 bits per heavy atom. The lowest BCUT2D eigenvalue weighted by molar-refractivity contribution is -0.126. The van der Waals surface area contributed by atoms with Crippen molar-refractivity contribution in [1.82, 2.24) is 14.8 Å². The Morgan fingerprint density at radius 1 is 1.39 bits per heavy atom. The first-order valence-electron chi connectivity index (χ1n) is 10.4. The second-order valence-electron chi connectivity index (χ2n) is 7.84. The van der Waals surface area contributed by atoms with Crippen molar-refractivity contribution >= 4 is 28.1 Å². The van der Waals surface area contributed by atoms with Crippen LogP contribution in [0.3, 0.4) is 0 Å². The Morgan fingerprint density at radius 3 is 2.84 bits per heavy atom. The number of nitrogens with zero attached hydrogens (tertiary/aromatic N) is 2. The summed E-state index contributed by atoms with van der Waals surface area (Å²) in [5.74, 6) is -0.927. The number of carbonyl (C=O) groups excluding carboxylic acids is 1. The van der Waals surface area contributed by atoms with Gasteiger partial charge in [0.05, 0.1) is 5.92 Å². The van der Waals surface area contributed by atoms with Gasteiger partial charge in [0, 0.05) is 24.7 Å². The predicted octanol–water partition coefficient (Wildman–Crippen LogP) is 3.61. The number of benzene rings is 1. The number of hydrogen-bond acceptors (Lipinski definition) is 5. The molecular formula is C22H28FN3O4S. The second-order valence-corrected chi connectivity index (χ2v) is 9.71. The number of nitrogens with one attached hydrogen (secondary N) is 1. The molecule has 1 aliphatic rings. The van der Waals surface area contributed by atoms with Crippen LogP contribution < -0.4 is 5.32 Å². The lowest BCUT2D eigenvalue weighted by Crippen LogP contribution is -2.47. The number of carbonyl (C=O) groups is 1. The topological polar surface area (TPSA) is 92.5 Å². The lowest BCUT2D eigenvalue weighted by atomic mass is 9.98. The molecule has 0 radical (unpaired) electrons. The quantitative estimate of drug-likeness (QED) is 0.697. The van der Waals surface area contributed by atoms with Gasteiger partial charge in [0.25, 0.3) is 0 Å². The largest absolute Gasteiger partial charge is 0.355 e. The van der Waals surface area contributed by atoms with Gasteiger partial charge in [0.15, 0.2) is 10.7 Å². The van der Waals surface area contributed by atoms with Crippen molar-refractivity contribution in [2.24, 2.45) is 5.92 Å². The van der Waals surface area contributed by atoms with Gasteiger partial charge < -0.3 is 9.84 Å². The van der Waals surface area contributed by atoms with Gasteiger partial charge in [-0.2, -0.15) is 4.31 Å². The molecule has 1 aliphatic heterocycles. The molecule has 0 bridgehead atoms. The summed E-state index contributed by atoms with van der Waals surface area (Å²) in [5, 5.41) is 6.75. The SMILES string of the molecule is CCC(C)NC(=O)C1CCCN(S(=O)(=O)c2c(C)noc2/C=C/c2ccccc2F)C1. The molecule has 0 spiro atoms. The lowest BCUT2D eigenvalue weighted by Gasteiger charge is -2.31. The van der Waals surface area contributed by atoms with Crippen LogP contribution in [0.15, 0.2) is 33.7 Å². The average molecular weight is 450 g/mol. The minimum absolute atomic E-state index is 0.0342. The molecule has 1 fully saturated rings. The van der Waals surface area contributed by atoms with Crippen molar-refractivity contribution in [2.75, 3.05) is 13.1 Å². The fraction of sp³-hybridized carbons (Fsp3) is 0.455. The van der Waals surface area contributed by atoms with E-state index in [2.05, 4.69) is 10.5 Å². The molecule has 2 aromatic rings. The van der Waals surface area contributed by atoms with E-state index in [-0.39, 0.29) is 34.8 Å². The van der Waals surface area contributed by atoms with E-state index < -0.39 is 21.8 Å². The minimum atomic E-state index is -3.94. The van der Waals surface area contributed by atoms with Crippen LogP contribution in [-0.2, 0) is 14.8 Å². The monoisotopic (exact) mass is 449 g/mol. The summed E-state index contributed by atoms with van der Waals surface area (Å²) in [6, 6.07) is 6.20. The smallest absolute Gasteiger partial charge is 0.248 e. The predicted molar refractivity (Wildman–Crippen MR) is 116 cm³/mol. The number of halogens is 1. The number of rotatable bonds is 7. The second kappa shape index (κ2) is 9.74. The van der Waals surface area contributed by atoms with Gasteiger partial charge in [-0.3, -0.25) is 4.79 Å². The normalized spacial score (nSPS) is 18.9. The molecular weight excluding hydrogens is 421 g/mol. The number of aryl methyl sites for hydroxylation is 1. The Labute approximate surface area is 182 Å². The van der Waals surface area contributed by atoms with E-state index in [4.69, 9.17) is 4.52 Å². The Hall–Kier alpha value is -2.52. The summed E-state index contributed by atoms with van der Waals surface area (Å²) in [4.78, 5) is 12.5. The summed E-state index contributed by atoms with van der Waals surface area (Å²) in [7, 11) is -3.94. The van der Waals surface area contributed by atoms with Gasteiger partial charge in [0.2, 0.25) is 15.9 Å². The highest BCUT2D eigenvalue weighted by Gasteiger charge is 2.37. The van der Waals surface area contributed by atoms with E-state index in [1.165, 1.54) is 22.5 Å². The van der Waals surface area contributed by atoms with Crippen LogP contribution in [0, 0.1) is 18.7 Å². The van der Waals surface area contributed by atoms with Gasteiger partial charge >= 0.3 is 0 Å². The van der Waals surface area contributed by atoms with Gasteiger partial charge in [0.1, 0.15) is 11.5 Å². The van der Waals surface area contributed by atoms with E-state index >= 15 is 0 Å². The maximum Gasteiger partial charge on any atom is 0.248 e. The van der Waals surface area contributed by atoms with Crippen molar-refractivity contribution in [3.63, 3.8) is 0 Å². The first-order valence-corrected chi connectivity index (χ1v) is 11.9. The van der Waals surface area contributed by atoms with Gasteiger partial charge in [-0.25, -0.2) is 12.8 Å². The number of piperidine rings is 1. The van der Waals surface area contributed by atoms with Crippen molar-refractivity contribution in [3.8, 4) is 0 Å². The third-order valence-corrected chi connectivity index (χ3v) is 7.53. The number of aromatic nitrogens is 1. The first-order chi connectivity index (χ1) is 14.7. The molecule has 168 valence electrons. The first kappa shape index (κ1) is 23.1.